The number of amides is 1. The average Bonchev–Trinajstić information content (AvgIpc) is 2.78. The van der Waals surface area contributed by atoms with Crippen molar-refractivity contribution in [3.05, 3.63) is 59.7 Å². The van der Waals surface area contributed by atoms with E-state index in [1.54, 1.807) is 0 Å². The van der Waals surface area contributed by atoms with Crippen molar-refractivity contribution >= 4 is 17.3 Å². The summed E-state index contributed by atoms with van der Waals surface area (Å²) in [6, 6.07) is 16.4. The lowest BCUT2D eigenvalue weighted by molar-refractivity contribution is -0.114. The van der Waals surface area contributed by atoms with Crippen molar-refractivity contribution in [3.63, 3.8) is 0 Å². The van der Waals surface area contributed by atoms with E-state index in [-0.39, 0.29) is 18.0 Å². The average molecular weight is 281 g/mol. The molecule has 0 fully saturated rings. The zero-order chi connectivity index (χ0) is 14.8. The predicted molar refractivity (Wildman–Crippen MR) is 85.1 cm³/mol. The highest BCUT2D eigenvalue weighted by Crippen LogP contribution is 2.39. The Kier molecular flexibility index (Phi) is 3.62. The second-order valence-electron chi connectivity index (χ2n) is 5.43. The van der Waals surface area contributed by atoms with Gasteiger partial charge in [-0.15, -0.1) is 0 Å². The number of hydrogen-bond donors (Lipinski definition) is 3. The van der Waals surface area contributed by atoms with Crippen molar-refractivity contribution in [2.45, 2.75) is 25.4 Å². The van der Waals surface area contributed by atoms with Gasteiger partial charge in [0.2, 0.25) is 5.91 Å². The fourth-order valence-electron chi connectivity index (χ4n) is 2.86. The standard InChI is InChI=1S/C17H19N3O/c1-11(21)19-12-6-8-13(9-7-12)20-17-10-16(18)14-4-2-3-5-15(14)17/h2-9,16-17,20H,10,18H2,1H3,(H,19,21). The Bertz CT molecular complexity index is 651. The first-order chi connectivity index (χ1) is 10.1. The van der Waals surface area contributed by atoms with Gasteiger partial charge >= 0.3 is 0 Å². The number of carbonyl (C=O) groups excluding carboxylic acids is 1. The number of anilines is 2. The highest BCUT2D eigenvalue weighted by atomic mass is 16.1. The number of fused-ring (bicyclic) bond motifs is 1. The maximum atomic E-state index is 11.0. The molecule has 108 valence electrons. The summed E-state index contributed by atoms with van der Waals surface area (Å²) in [5.41, 5.74) is 10.5. The van der Waals surface area contributed by atoms with Gasteiger partial charge in [0.05, 0.1) is 6.04 Å². The lowest BCUT2D eigenvalue weighted by atomic mass is 10.1. The molecular formula is C17H19N3O. The molecule has 1 amide bonds. The fourth-order valence-corrected chi connectivity index (χ4v) is 2.86. The van der Waals surface area contributed by atoms with Gasteiger partial charge < -0.3 is 16.4 Å². The van der Waals surface area contributed by atoms with Crippen LogP contribution in [-0.4, -0.2) is 5.91 Å². The number of nitrogens with two attached hydrogens (primary N) is 1. The van der Waals surface area contributed by atoms with E-state index < -0.39 is 0 Å². The zero-order valence-corrected chi connectivity index (χ0v) is 12.0. The van der Waals surface area contributed by atoms with Crippen molar-refractivity contribution in [2.75, 3.05) is 10.6 Å². The first kappa shape index (κ1) is 13.6. The molecule has 0 radical (unpaired) electrons. The largest absolute Gasteiger partial charge is 0.378 e. The number of rotatable bonds is 3. The van der Waals surface area contributed by atoms with Crippen LogP contribution in [0.25, 0.3) is 0 Å². The van der Waals surface area contributed by atoms with Gasteiger partial charge in [-0.2, -0.15) is 0 Å². The normalized spacial score (nSPS) is 19.9. The van der Waals surface area contributed by atoms with Crippen LogP contribution in [0.1, 0.15) is 36.6 Å². The molecule has 0 saturated heterocycles. The van der Waals surface area contributed by atoms with Crippen LogP contribution < -0.4 is 16.4 Å². The van der Waals surface area contributed by atoms with Gasteiger partial charge in [-0.25, -0.2) is 0 Å². The molecule has 4 nitrogen and oxygen atoms in total. The SMILES string of the molecule is CC(=O)Nc1ccc(NC2CC(N)c3ccccc32)cc1. The molecule has 0 aliphatic heterocycles. The van der Waals surface area contributed by atoms with E-state index in [0.717, 1.165) is 17.8 Å². The molecule has 3 rings (SSSR count). The molecule has 4 heteroatoms. The molecule has 0 bridgehead atoms. The van der Waals surface area contributed by atoms with E-state index in [1.807, 2.05) is 36.4 Å². The van der Waals surface area contributed by atoms with Crippen LogP contribution in [0.3, 0.4) is 0 Å². The van der Waals surface area contributed by atoms with Gasteiger partial charge in [-0.1, -0.05) is 24.3 Å². The quantitative estimate of drug-likeness (QED) is 0.809. The highest BCUT2D eigenvalue weighted by molar-refractivity contribution is 5.88. The van der Waals surface area contributed by atoms with Crippen LogP contribution in [0.2, 0.25) is 0 Å². The topological polar surface area (TPSA) is 67.2 Å². The molecule has 21 heavy (non-hydrogen) atoms. The summed E-state index contributed by atoms with van der Waals surface area (Å²) in [4.78, 5) is 11.0. The summed E-state index contributed by atoms with van der Waals surface area (Å²) >= 11 is 0. The third-order valence-electron chi connectivity index (χ3n) is 3.81. The molecule has 4 N–H and O–H groups in total. The van der Waals surface area contributed by atoms with Gasteiger partial charge in [0.15, 0.2) is 0 Å². The third kappa shape index (κ3) is 2.90. The first-order valence-electron chi connectivity index (χ1n) is 7.12. The summed E-state index contributed by atoms with van der Waals surface area (Å²) in [5, 5.41) is 6.28. The molecule has 2 aromatic carbocycles. The number of carbonyl (C=O) groups is 1. The third-order valence-corrected chi connectivity index (χ3v) is 3.81. The molecule has 0 aromatic heterocycles. The second-order valence-corrected chi connectivity index (χ2v) is 5.43. The molecule has 2 aromatic rings. The lowest BCUT2D eigenvalue weighted by Crippen LogP contribution is -2.10. The lowest BCUT2D eigenvalue weighted by Gasteiger charge is -2.16. The van der Waals surface area contributed by atoms with Crippen molar-refractivity contribution < 1.29 is 4.79 Å². The van der Waals surface area contributed by atoms with E-state index in [9.17, 15) is 4.79 Å². The Morgan fingerprint density at radius 2 is 1.67 bits per heavy atom. The first-order valence-corrected chi connectivity index (χ1v) is 7.12. The van der Waals surface area contributed by atoms with Crippen LogP contribution in [0.5, 0.6) is 0 Å². The van der Waals surface area contributed by atoms with Crippen LogP contribution in [0.15, 0.2) is 48.5 Å². The monoisotopic (exact) mass is 281 g/mol. The number of benzene rings is 2. The Morgan fingerprint density at radius 1 is 1.05 bits per heavy atom. The predicted octanol–water partition coefficient (Wildman–Crippen LogP) is 3.20. The summed E-state index contributed by atoms with van der Waals surface area (Å²) in [6.07, 6.45) is 0.896. The summed E-state index contributed by atoms with van der Waals surface area (Å²) in [7, 11) is 0. The van der Waals surface area contributed by atoms with E-state index in [0.29, 0.717) is 0 Å². The van der Waals surface area contributed by atoms with Crippen molar-refractivity contribution in [2.24, 2.45) is 5.73 Å². The summed E-state index contributed by atoms with van der Waals surface area (Å²) in [6.45, 7) is 1.50. The Morgan fingerprint density at radius 3 is 2.33 bits per heavy atom. The van der Waals surface area contributed by atoms with Gasteiger partial charge in [-0.3, -0.25) is 4.79 Å². The van der Waals surface area contributed by atoms with Crippen LogP contribution in [-0.2, 0) is 4.79 Å². The number of hydrogen-bond acceptors (Lipinski definition) is 3. The van der Waals surface area contributed by atoms with Gasteiger partial charge in [0.25, 0.3) is 0 Å². The van der Waals surface area contributed by atoms with E-state index in [1.165, 1.54) is 18.1 Å². The number of nitrogens with one attached hydrogen (secondary N) is 2. The van der Waals surface area contributed by atoms with Crippen LogP contribution in [0.4, 0.5) is 11.4 Å². The van der Waals surface area contributed by atoms with Gasteiger partial charge in [0.1, 0.15) is 0 Å². The van der Waals surface area contributed by atoms with Gasteiger partial charge in [0, 0.05) is 24.3 Å². The maximum Gasteiger partial charge on any atom is 0.221 e. The minimum Gasteiger partial charge on any atom is -0.378 e. The minimum atomic E-state index is -0.0635. The van der Waals surface area contributed by atoms with Gasteiger partial charge in [-0.05, 0) is 41.8 Å². The van der Waals surface area contributed by atoms with Crippen molar-refractivity contribution in [1.82, 2.24) is 0 Å². The molecule has 0 saturated carbocycles. The molecule has 1 aliphatic rings. The van der Waals surface area contributed by atoms with E-state index >= 15 is 0 Å². The fraction of sp³-hybridized carbons (Fsp3) is 0.235. The maximum absolute atomic E-state index is 11.0. The molecular weight excluding hydrogens is 262 g/mol. The Labute approximate surface area is 124 Å². The molecule has 2 atom stereocenters. The Hall–Kier alpha value is -2.33. The van der Waals surface area contributed by atoms with Crippen molar-refractivity contribution in [1.29, 1.82) is 0 Å². The molecule has 2 unspecified atom stereocenters. The molecule has 1 aliphatic carbocycles. The summed E-state index contributed by atoms with van der Waals surface area (Å²) in [5.74, 6) is -0.0635. The van der Waals surface area contributed by atoms with E-state index in [2.05, 4.69) is 22.8 Å². The summed E-state index contributed by atoms with van der Waals surface area (Å²) < 4.78 is 0. The second kappa shape index (κ2) is 5.58. The minimum absolute atomic E-state index is 0.0635. The smallest absolute Gasteiger partial charge is 0.221 e. The molecule has 0 spiro atoms. The van der Waals surface area contributed by atoms with E-state index in [4.69, 9.17) is 5.73 Å². The Balaban J connectivity index is 1.74. The highest BCUT2D eigenvalue weighted by Gasteiger charge is 2.27. The molecule has 0 heterocycles. The van der Waals surface area contributed by atoms with Crippen LogP contribution >= 0.6 is 0 Å². The van der Waals surface area contributed by atoms with Crippen molar-refractivity contribution in [3.8, 4) is 0 Å². The zero-order valence-electron chi connectivity index (χ0n) is 12.0. The van der Waals surface area contributed by atoms with Crippen LogP contribution in [0, 0.1) is 0 Å².